The number of hydrogen-bond acceptors (Lipinski definition) is 2. The van der Waals surface area contributed by atoms with Crippen LogP contribution < -0.4 is 10.1 Å². The van der Waals surface area contributed by atoms with Crippen molar-refractivity contribution in [1.82, 2.24) is 5.32 Å². The molecule has 1 N–H and O–H groups in total. The first-order chi connectivity index (χ1) is 10.6. The molecule has 0 heterocycles. The van der Waals surface area contributed by atoms with Crippen molar-refractivity contribution in [3.05, 3.63) is 65.2 Å². The van der Waals surface area contributed by atoms with Crippen molar-refractivity contribution in [3.8, 4) is 5.75 Å². The van der Waals surface area contributed by atoms with Crippen LogP contribution in [0.2, 0.25) is 5.02 Å². The Morgan fingerprint density at radius 3 is 2.41 bits per heavy atom. The standard InChI is InChI=1S/C18H20ClNO2/c1-13(15-8-4-3-5-9-15)12-20-18(21)14(2)22-17-11-7-6-10-16(17)19/h3-11,13-14H,12H2,1-2H3,(H,20,21)/t13-,14+/m0/s1. The van der Waals surface area contributed by atoms with E-state index in [9.17, 15) is 4.79 Å². The molecule has 0 spiro atoms. The summed E-state index contributed by atoms with van der Waals surface area (Å²) in [5.74, 6) is 0.614. The maximum Gasteiger partial charge on any atom is 0.260 e. The van der Waals surface area contributed by atoms with Crippen LogP contribution in [0.25, 0.3) is 0 Å². The second-order valence-corrected chi connectivity index (χ2v) is 5.65. The molecule has 0 saturated heterocycles. The van der Waals surface area contributed by atoms with E-state index in [1.165, 1.54) is 5.56 Å². The Labute approximate surface area is 136 Å². The molecule has 2 atom stereocenters. The van der Waals surface area contributed by atoms with E-state index in [1.54, 1.807) is 19.1 Å². The van der Waals surface area contributed by atoms with Gasteiger partial charge in [0.15, 0.2) is 6.10 Å². The van der Waals surface area contributed by atoms with Gasteiger partial charge in [0.2, 0.25) is 0 Å². The highest BCUT2D eigenvalue weighted by Crippen LogP contribution is 2.24. The Bertz CT molecular complexity index is 615. The average molecular weight is 318 g/mol. The van der Waals surface area contributed by atoms with Gasteiger partial charge in [0.1, 0.15) is 5.75 Å². The summed E-state index contributed by atoms with van der Waals surface area (Å²) in [6, 6.07) is 17.2. The zero-order valence-corrected chi connectivity index (χ0v) is 13.5. The van der Waals surface area contributed by atoms with Crippen LogP contribution in [-0.4, -0.2) is 18.6 Å². The van der Waals surface area contributed by atoms with E-state index in [-0.39, 0.29) is 11.8 Å². The lowest BCUT2D eigenvalue weighted by atomic mass is 10.0. The molecule has 0 bridgehead atoms. The number of carbonyl (C=O) groups is 1. The highest BCUT2D eigenvalue weighted by molar-refractivity contribution is 6.32. The summed E-state index contributed by atoms with van der Waals surface area (Å²) in [5, 5.41) is 3.41. The predicted octanol–water partition coefficient (Wildman–Crippen LogP) is 4.03. The van der Waals surface area contributed by atoms with Gasteiger partial charge < -0.3 is 10.1 Å². The third kappa shape index (κ3) is 4.50. The Morgan fingerprint density at radius 1 is 1.09 bits per heavy atom. The molecule has 0 aliphatic rings. The summed E-state index contributed by atoms with van der Waals surface area (Å²) in [6.45, 7) is 4.36. The van der Waals surface area contributed by atoms with Gasteiger partial charge in [0, 0.05) is 6.54 Å². The number of nitrogens with one attached hydrogen (secondary N) is 1. The van der Waals surface area contributed by atoms with E-state index in [0.29, 0.717) is 17.3 Å². The van der Waals surface area contributed by atoms with Gasteiger partial charge in [-0.25, -0.2) is 0 Å². The molecule has 2 aromatic rings. The van der Waals surface area contributed by atoms with Crippen LogP contribution in [0.4, 0.5) is 0 Å². The van der Waals surface area contributed by atoms with Crippen molar-refractivity contribution in [2.75, 3.05) is 6.54 Å². The van der Waals surface area contributed by atoms with Crippen molar-refractivity contribution in [1.29, 1.82) is 0 Å². The smallest absolute Gasteiger partial charge is 0.260 e. The monoisotopic (exact) mass is 317 g/mol. The number of hydrogen-bond donors (Lipinski definition) is 1. The van der Waals surface area contributed by atoms with Gasteiger partial charge in [-0.05, 0) is 30.5 Å². The maximum atomic E-state index is 12.1. The van der Waals surface area contributed by atoms with Gasteiger partial charge in [-0.1, -0.05) is 61.0 Å². The third-order valence-corrected chi connectivity index (χ3v) is 3.77. The summed E-state index contributed by atoms with van der Waals surface area (Å²) >= 11 is 6.02. The molecule has 1 amide bonds. The molecular weight excluding hydrogens is 298 g/mol. The zero-order valence-electron chi connectivity index (χ0n) is 12.8. The fourth-order valence-electron chi connectivity index (χ4n) is 2.08. The molecule has 0 unspecified atom stereocenters. The predicted molar refractivity (Wildman–Crippen MR) is 89.4 cm³/mol. The summed E-state index contributed by atoms with van der Waals surface area (Å²) < 4.78 is 5.60. The molecule has 0 aliphatic heterocycles. The molecule has 22 heavy (non-hydrogen) atoms. The molecule has 4 heteroatoms. The second kappa shape index (κ2) is 7.85. The number of benzene rings is 2. The fraction of sp³-hybridized carbons (Fsp3) is 0.278. The van der Waals surface area contributed by atoms with E-state index in [2.05, 4.69) is 24.4 Å². The second-order valence-electron chi connectivity index (χ2n) is 5.25. The van der Waals surface area contributed by atoms with Gasteiger partial charge in [0.05, 0.1) is 5.02 Å². The summed E-state index contributed by atoms with van der Waals surface area (Å²) in [7, 11) is 0. The molecule has 0 aliphatic carbocycles. The largest absolute Gasteiger partial charge is 0.479 e. The number of amides is 1. The van der Waals surface area contributed by atoms with Crippen molar-refractivity contribution in [2.24, 2.45) is 0 Å². The normalized spacial score (nSPS) is 13.2. The average Bonchev–Trinajstić information content (AvgIpc) is 2.55. The lowest BCUT2D eigenvalue weighted by Gasteiger charge is -2.18. The number of rotatable bonds is 6. The number of para-hydroxylation sites is 1. The molecule has 0 saturated carbocycles. The topological polar surface area (TPSA) is 38.3 Å². The van der Waals surface area contributed by atoms with Crippen LogP contribution in [-0.2, 0) is 4.79 Å². The first kappa shape index (κ1) is 16.4. The lowest BCUT2D eigenvalue weighted by molar-refractivity contribution is -0.127. The van der Waals surface area contributed by atoms with Crippen LogP contribution in [0.15, 0.2) is 54.6 Å². The lowest BCUT2D eigenvalue weighted by Crippen LogP contribution is -2.38. The number of halogens is 1. The van der Waals surface area contributed by atoms with Gasteiger partial charge >= 0.3 is 0 Å². The number of carbonyl (C=O) groups excluding carboxylic acids is 1. The first-order valence-electron chi connectivity index (χ1n) is 7.31. The Kier molecular flexibility index (Phi) is 5.84. The van der Waals surface area contributed by atoms with Crippen molar-refractivity contribution in [3.63, 3.8) is 0 Å². The van der Waals surface area contributed by atoms with Crippen LogP contribution in [0.5, 0.6) is 5.75 Å². The molecule has 0 radical (unpaired) electrons. The molecular formula is C18H20ClNO2. The van der Waals surface area contributed by atoms with E-state index in [4.69, 9.17) is 16.3 Å². The molecule has 0 aromatic heterocycles. The van der Waals surface area contributed by atoms with Crippen LogP contribution >= 0.6 is 11.6 Å². The zero-order chi connectivity index (χ0) is 15.9. The van der Waals surface area contributed by atoms with Gasteiger partial charge in [-0.3, -0.25) is 4.79 Å². The minimum atomic E-state index is -0.595. The third-order valence-electron chi connectivity index (χ3n) is 3.46. The highest BCUT2D eigenvalue weighted by Gasteiger charge is 2.16. The van der Waals surface area contributed by atoms with Crippen molar-refractivity contribution >= 4 is 17.5 Å². The molecule has 2 rings (SSSR count). The van der Waals surface area contributed by atoms with Crippen molar-refractivity contribution in [2.45, 2.75) is 25.9 Å². The molecule has 116 valence electrons. The first-order valence-corrected chi connectivity index (χ1v) is 7.69. The van der Waals surface area contributed by atoms with Gasteiger partial charge in [0.25, 0.3) is 5.91 Å². The van der Waals surface area contributed by atoms with E-state index < -0.39 is 6.10 Å². The molecule has 0 fully saturated rings. The van der Waals surface area contributed by atoms with E-state index in [0.717, 1.165) is 0 Å². The van der Waals surface area contributed by atoms with Crippen LogP contribution in [0.1, 0.15) is 25.3 Å². The number of ether oxygens (including phenoxy) is 1. The van der Waals surface area contributed by atoms with E-state index in [1.807, 2.05) is 30.3 Å². The molecule has 3 nitrogen and oxygen atoms in total. The minimum Gasteiger partial charge on any atom is -0.479 e. The summed E-state index contributed by atoms with van der Waals surface area (Å²) in [4.78, 5) is 12.1. The Hall–Kier alpha value is -2.00. The summed E-state index contributed by atoms with van der Waals surface area (Å²) in [5.41, 5.74) is 1.20. The highest BCUT2D eigenvalue weighted by atomic mass is 35.5. The van der Waals surface area contributed by atoms with Crippen molar-refractivity contribution < 1.29 is 9.53 Å². The molecule has 2 aromatic carbocycles. The van der Waals surface area contributed by atoms with E-state index >= 15 is 0 Å². The Morgan fingerprint density at radius 2 is 1.73 bits per heavy atom. The maximum absolute atomic E-state index is 12.1. The van der Waals surface area contributed by atoms with Crippen LogP contribution in [0, 0.1) is 0 Å². The van der Waals surface area contributed by atoms with Gasteiger partial charge in [-0.2, -0.15) is 0 Å². The minimum absolute atomic E-state index is 0.150. The quantitative estimate of drug-likeness (QED) is 0.873. The van der Waals surface area contributed by atoms with Gasteiger partial charge in [-0.15, -0.1) is 0 Å². The van der Waals surface area contributed by atoms with Crippen LogP contribution in [0.3, 0.4) is 0 Å². The summed E-state index contributed by atoms with van der Waals surface area (Å²) in [6.07, 6.45) is -0.595. The Balaban J connectivity index is 1.85. The fourth-order valence-corrected chi connectivity index (χ4v) is 2.26. The SMILES string of the molecule is C[C@@H](Oc1ccccc1Cl)C(=O)NC[C@H](C)c1ccccc1.